The van der Waals surface area contributed by atoms with Crippen LogP contribution in [0.25, 0.3) is 33.4 Å². The Morgan fingerprint density at radius 1 is 0.444 bits per heavy atom. The number of hydrogen-bond donors (Lipinski definition) is 4. The van der Waals surface area contributed by atoms with Gasteiger partial charge in [0.05, 0.1) is 22.3 Å². The van der Waals surface area contributed by atoms with Gasteiger partial charge in [-0.15, -0.1) is 0 Å². The van der Waals surface area contributed by atoms with E-state index < -0.39 is 23.9 Å². The first-order chi connectivity index (χ1) is 17.2. The van der Waals surface area contributed by atoms with E-state index in [2.05, 4.69) is 0 Å². The van der Waals surface area contributed by atoms with Crippen molar-refractivity contribution in [1.82, 2.24) is 0 Å². The maximum Gasteiger partial charge on any atom is 0.336 e. The third-order valence-corrected chi connectivity index (χ3v) is 5.63. The summed E-state index contributed by atoms with van der Waals surface area (Å²) in [5.74, 6) is -5.57. The third kappa shape index (κ3) is 4.55. The number of carboxylic acids is 4. The molecule has 4 N–H and O–H groups in total. The van der Waals surface area contributed by atoms with Crippen LogP contribution in [0.15, 0.2) is 84.9 Å². The van der Waals surface area contributed by atoms with Crippen LogP contribution in [0.2, 0.25) is 0 Å². The van der Waals surface area contributed by atoms with Crippen molar-refractivity contribution in [2.45, 2.75) is 0 Å². The lowest BCUT2D eigenvalue weighted by Gasteiger charge is -2.19. The van der Waals surface area contributed by atoms with Crippen molar-refractivity contribution in [3.8, 4) is 33.4 Å². The number of rotatable bonds is 7. The summed E-state index contributed by atoms with van der Waals surface area (Å²) in [7, 11) is 0. The van der Waals surface area contributed by atoms with Gasteiger partial charge in [-0.1, -0.05) is 54.6 Å². The molecule has 0 aliphatic rings. The van der Waals surface area contributed by atoms with Crippen molar-refractivity contribution < 1.29 is 39.6 Å². The molecule has 0 unspecified atom stereocenters. The molecule has 0 amide bonds. The molecule has 4 rings (SSSR count). The van der Waals surface area contributed by atoms with Crippen LogP contribution in [-0.2, 0) is 0 Å². The summed E-state index contributed by atoms with van der Waals surface area (Å²) < 4.78 is 0. The molecule has 36 heavy (non-hydrogen) atoms. The molecule has 4 aromatic rings. The Bertz CT molecular complexity index is 1500. The van der Waals surface area contributed by atoms with Gasteiger partial charge in [-0.25, -0.2) is 19.2 Å². The topological polar surface area (TPSA) is 149 Å². The predicted molar refractivity (Wildman–Crippen MR) is 131 cm³/mol. The quantitative estimate of drug-likeness (QED) is 0.270. The average Bonchev–Trinajstić information content (AvgIpc) is 2.88. The lowest BCUT2D eigenvalue weighted by atomic mass is 9.84. The summed E-state index contributed by atoms with van der Waals surface area (Å²) in [5, 5.41) is 38.8. The van der Waals surface area contributed by atoms with E-state index in [4.69, 9.17) is 0 Å². The van der Waals surface area contributed by atoms with Crippen molar-refractivity contribution in [2.75, 3.05) is 0 Å². The van der Waals surface area contributed by atoms with E-state index in [1.54, 1.807) is 24.3 Å². The first-order valence-corrected chi connectivity index (χ1v) is 10.6. The number of carbonyl (C=O) groups is 4. The van der Waals surface area contributed by atoms with E-state index >= 15 is 0 Å². The molecular formula is C28H18O8. The Morgan fingerprint density at radius 2 is 0.944 bits per heavy atom. The summed E-state index contributed by atoms with van der Waals surface area (Å²) in [6, 6.07) is 21.6. The van der Waals surface area contributed by atoms with Crippen molar-refractivity contribution >= 4 is 23.9 Å². The standard InChI is InChI=1S/C28H18O8/c29-25(30)17-10-16(11-18(12-17)26(31)32)22-13-19(27(33)34)14-23(28(35)36)24(22)21-9-5-4-8-20(21)15-6-2-1-3-7-15/h1-14H,(H,29,30)(H,31,32)(H,33,34)(H,35,36). The van der Waals surface area contributed by atoms with Crippen LogP contribution in [-0.4, -0.2) is 44.3 Å². The first-order valence-electron chi connectivity index (χ1n) is 10.6. The molecule has 0 aliphatic carbocycles. The Kier molecular flexibility index (Phi) is 6.34. The second-order valence-corrected chi connectivity index (χ2v) is 7.88. The smallest absolute Gasteiger partial charge is 0.336 e. The highest BCUT2D eigenvalue weighted by Gasteiger charge is 2.24. The second kappa shape index (κ2) is 9.55. The van der Waals surface area contributed by atoms with Crippen LogP contribution in [0.3, 0.4) is 0 Å². The Morgan fingerprint density at radius 3 is 1.47 bits per heavy atom. The highest BCUT2D eigenvalue weighted by atomic mass is 16.4. The number of hydrogen-bond acceptors (Lipinski definition) is 4. The van der Waals surface area contributed by atoms with Gasteiger partial charge in [-0.3, -0.25) is 0 Å². The normalized spacial score (nSPS) is 10.6. The van der Waals surface area contributed by atoms with E-state index in [0.29, 0.717) is 11.1 Å². The Hall–Kier alpha value is -5.24. The summed E-state index contributed by atoms with van der Waals surface area (Å²) in [5.41, 5.74) is 0.760. The van der Waals surface area contributed by atoms with E-state index in [1.807, 2.05) is 30.3 Å². The SMILES string of the molecule is O=C(O)c1cc(C(=O)O)cc(-c2cc(C(=O)O)cc(C(=O)O)c2-c2ccccc2-c2ccccc2)c1. The van der Waals surface area contributed by atoms with Gasteiger partial charge >= 0.3 is 23.9 Å². The lowest BCUT2D eigenvalue weighted by Crippen LogP contribution is -2.08. The van der Waals surface area contributed by atoms with Gasteiger partial charge in [0, 0.05) is 5.56 Å². The largest absolute Gasteiger partial charge is 0.478 e. The van der Waals surface area contributed by atoms with E-state index in [1.165, 1.54) is 18.2 Å². The molecule has 0 saturated heterocycles. The van der Waals surface area contributed by atoms with Gasteiger partial charge in [0.15, 0.2) is 0 Å². The minimum absolute atomic E-state index is 0.0516. The average molecular weight is 482 g/mol. The zero-order chi connectivity index (χ0) is 26.0. The van der Waals surface area contributed by atoms with Crippen LogP contribution >= 0.6 is 0 Å². The minimum Gasteiger partial charge on any atom is -0.478 e. The van der Waals surface area contributed by atoms with Gasteiger partial charge in [-0.05, 0) is 58.1 Å². The molecule has 4 aromatic carbocycles. The summed E-state index contributed by atoms with van der Waals surface area (Å²) in [6.45, 7) is 0. The van der Waals surface area contributed by atoms with Gasteiger partial charge < -0.3 is 20.4 Å². The Labute approximate surface area is 204 Å². The van der Waals surface area contributed by atoms with E-state index in [9.17, 15) is 39.6 Å². The summed E-state index contributed by atoms with van der Waals surface area (Å²) in [6.07, 6.45) is 0. The number of benzene rings is 4. The second-order valence-electron chi connectivity index (χ2n) is 7.88. The molecule has 0 aliphatic heterocycles. The minimum atomic E-state index is -1.40. The first kappa shape index (κ1) is 23.9. The maximum atomic E-state index is 12.4. The van der Waals surface area contributed by atoms with Gasteiger partial charge in [0.1, 0.15) is 0 Å². The molecule has 0 fully saturated rings. The van der Waals surface area contributed by atoms with Crippen LogP contribution < -0.4 is 0 Å². The number of aromatic carboxylic acids is 4. The van der Waals surface area contributed by atoms with Crippen molar-refractivity contribution in [1.29, 1.82) is 0 Å². The monoisotopic (exact) mass is 482 g/mol. The molecule has 0 atom stereocenters. The molecule has 0 heterocycles. The molecule has 0 spiro atoms. The van der Waals surface area contributed by atoms with Crippen molar-refractivity contribution in [2.24, 2.45) is 0 Å². The van der Waals surface area contributed by atoms with Crippen LogP contribution in [0, 0.1) is 0 Å². The van der Waals surface area contributed by atoms with Gasteiger partial charge in [0.25, 0.3) is 0 Å². The van der Waals surface area contributed by atoms with Gasteiger partial charge in [0.2, 0.25) is 0 Å². The molecule has 8 nitrogen and oxygen atoms in total. The molecule has 0 saturated carbocycles. The molecule has 0 bridgehead atoms. The third-order valence-electron chi connectivity index (χ3n) is 5.63. The summed E-state index contributed by atoms with van der Waals surface area (Å²) in [4.78, 5) is 47.7. The zero-order valence-corrected chi connectivity index (χ0v) is 18.5. The van der Waals surface area contributed by atoms with Crippen LogP contribution in [0.4, 0.5) is 0 Å². The van der Waals surface area contributed by atoms with Gasteiger partial charge in [-0.2, -0.15) is 0 Å². The van der Waals surface area contributed by atoms with Crippen molar-refractivity contribution in [3.05, 3.63) is 107 Å². The van der Waals surface area contributed by atoms with E-state index in [0.717, 1.165) is 17.7 Å². The maximum absolute atomic E-state index is 12.4. The predicted octanol–water partition coefficient (Wildman–Crippen LogP) is 5.48. The lowest BCUT2D eigenvalue weighted by molar-refractivity contribution is 0.0676. The zero-order valence-electron chi connectivity index (χ0n) is 18.5. The fraction of sp³-hybridized carbons (Fsp3) is 0. The fourth-order valence-electron chi connectivity index (χ4n) is 4.05. The van der Waals surface area contributed by atoms with E-state index in [-0.39, 0.29) is 38.9 Å². The Balaban J connectivity index is 2.16. The molecule has 0 radical (unpaired) electrons. The fourth-order valence-corrected chi connectivity index (χ4v) is 4.05. The molecular weight excluding hydrogens is 464 g/mol. The van der Waals surface area contributed by atoms with Crippen LogP contribution in [0.5, 0.6) is 0 Å². The molecule has 178 valence electrons. The molecule has 0 aromatic heterocycles. The van der Waals surface area contributed by atoms with Crippen molar-refractivity contribution in [3.63, 3.8) is 0 Å². The highest BCUT2D eigenvalue weighted by Crippen LogP contribution is 2.41. The summed E-state index contributed by atoms with van der Waals surface area (Å²) >= 11 is 0. The molecule has 8 heteroatoms. The van der Waals surface area contributed by atoms with Crippen LogP contribution in [0.1, 0.15) is 41.4 Å². The number of carboxylic acid groups (broad SMARTS) is 4. The highest BCUT2D eigenvalue weighted by molar-refractivity contribution is 6.08.